The zero-order chi connectivity index (χ0) is 36.3. The van der Waals surface area contributed by atoms with Crippen molar-refractivity contribution in [1.82, 2.24) is 0 Å². The van der Waals surface area contributed by atoms with Crippen LogP contribution < -0.4 is 0 Å². The van der Waals surface area contributed by atoms with Gasteiger partial charge in [0, 0.05) is 0 Å². The maximum atomic E-state index is 13.1. The molecule has 0 aliphatic rings. The van der Waals surface area contributed by atoms with E-state index in [4.69, 9.17) is 15.6 Å². The van der Waals surface area contributed by atoms with Crippen LogP contribution in [0.1, 0.15) is 182 Å². The normalized spacial score (nSPS) is 11.7. The van der Waals surface area contributed by atoms with Gasteiger partial charge in [-0.25, -0.2) is 0 Å². The van der Waals surface area contributed by atoms with Crippen LogP contribution in [0.5, 0.6) is 0 Å². The van der Waals surface area contributed by atoms with Crippen molar-refractivity contribution in [3.05, 3.63) is 24.3 Å². The van der Waals surface area contributed by atoms with Gasteiger partial charge in [-0.05, 0) is 0 Å². The van der Waals surface area contributed by atoms with Crippen molar-refractivity contribution in [1.29, 1.82) is 0 Å². The summed E-state index contributed by atoms with van der Waals surface area (Å²) in [6.45, 7) is 9.05. The Hall–Kier alpha value is -1.84. The molecule has 8 nitrogen and oxygen atoms in total. The summed E-state index contributed by atoms with van der Waals surface area (Å²) >= 11 is -4.39. The summed E-state index contributed by atoms with van der Waals surface area (Å²) in [4.78, 5) is 50.4. The van der Waals surface area contributed by atoms with Crippen molar-refractivity contribution in [3.63, 3.8) is 0 Å². The van der Waals surface area contributed by atoms with Gasteiger partial charge in [0.25, 0.3) is 0 Å². The Kier molecular flexibility index (Phi) is 33.3. The number of hydrogen-bond donors (Lipinski definition) is 0. The van der Waals surface area contributed by atoms with Gasteiger partial charge in [-0.2, -0.15) is 0 Å². The second-order valence-corrected chi connectivity index (χ2v) is 22.5. The van der Waals surface area contributed by atoms with Crippen LogP contribution in [0.2, 0.25) is 8.87 Å². The third kappa shape index (κ3) is 30.7. The molecule has 0 spiro atoms. The molecule has 0 rings (SSSR count). The van der Waals surface area contributed by atoms with E-state index in [-0.39, 0.29) is 0 Å². The van der Waals surface area contributed by atoms with Crippen LogP contribution in [0.25, 0.3) is 0 Å². The first-order chi connectivity index (χ1) is 23.8. The average Bonchev–Trinajstić information content (AvgIpc) is 3.08. The summed E-state index contributed by atoms with van der Waals surface area (Å²) in [6.07, 6.45) is 30.9. The van der Waals surface area contributed by atoms with Gasteiger partial charge in [0.05, 0.1) is 0 Å². The van der Waals surface area contributed by atoms with E-state index in [0.29, 0.717) is 22.1 Å². The third-order valence-corrected chi connectivity index (χ3v) is 18.2. The van der Waals surface area contributed by atoms with Crippen LogP contribution in [-0.4, -0.2) is 56.3 Å². The SMILES string of the molecule is CCCCCCCCCCC[CH2][Sn]([CH2]CCCCCCCCCCC)([O]C(=O)C=CC(=O)OCCCC)[O]C(=O)C=CC(=O)OCCCC. The van der Waals surface area contributed by atoms with Crippen LogP contribution in [-0.2, 0) is 34.8 Å². The molecule has 9 heteroatoms. The van der Waals surface area contributed by atoms with Gasteiger partial charge in [0.1, 0.15) is 0 Å². The quantitative estimate of drug-likeness (QED) is 0.0274. The molecule has 0 bridgehead atoms. The van der Waals surface area contributed by atoms with E-state index in [9.17, 15) is 19.2 Å². The number of esters is 2. The zero-order valence-electron chi connectivity index (χ0n) is 31.9. The summed E-state index contributed by atoms with van der Waals surface area (Å²) in [5.74, 6) is -2.56. The Labute approximate surface area is 304 Å². The van der Waals surface area contributed by atoms with Crippen LogP contribution in [0.15, 0.2) is 24.3 Å². The Morgan fingerprint density at radius 3 is 0.939 bits per heavy atom. The van der Waals surface area contributed by atoms with Crippen molar-refractivity contribution < 1.29 is 34.8 Å². The molecule has 0 aromatic rings. The fourth-order valence-corrected chi connectivity index (χ4v) is 14.5. The van der Waals surface area contributed by atoms with Crippen molar-refractivity contribution >= 4 is 43.1 Å². The van der Waals surface area contributed by atoms with Crippen molar-refractivity contribution in [2.75, 3.05) is 13.2 Å². The number of hydrogen-bond acceptors (Lipinski definition) is 8. The number of rotatable bonds is 34. The van der Waals surface area contributed by atoms with E-state index in [1.54, 1.807) is 0 Å². The monoisotopic (exact) mass is 800 g/mol. The van der Waals surface area contributed by atoms with Gasteiger partial charge in [-0.15, -0.1) is 0 Å². The van der Waals surface area contributed by atoms with Gasteiger partial charge < -0.3 is 0 Å². The summed E-state index contributed by atoms with van der Waals surface area (Å²) < 4.78 is 23.6. The molecule has 0 heterocycles. The molecule has 0 aliphatic heterocycles. The Balaban J connectivity index is 5.56. The molecular weight excluding hydrogens is 727 g/mol. The molecule has 0 atom stereocenters. The number of carbonyl (C=O) groups excluding carboxylic acids is 4. The Morgan fingerprint density at radius 2 is 0.633 bits per heavy atom. The topological polar surface area (TPSA) is 105 Å². The fourth-order valence-electron chi connectivity index (χ4n) is 5.55. The minimum atomic E-state index is -4.39. The van der Waals surface area contributed by atoms with Crippen molar-refractivity contribution in [3.8, 4) is 0 Å². The number of unbranched alkanes of at least 4 members (excludes halogenated alkanes) is 20. The molecule has 0 radical (unpaired) electrons. The molecule has 0 aromatic carbocycles. The van der Waals surface area contributed by atoms with Gasteiger partial charge in [-0.3, -0.25) is 0 Å². The summed E-state index contributed by atoms with van der Waals surface area (Å²) in [5, 5.41) is 0. The molecule has 0 saturated heterocycles. The van der Waals surface area contributed by atoms with Crippen LogP contribution >= 0.6 is 0 Å². The van der Waals surface area contributed by atoms with Gasteiger partial charge in [0.2, 0.25) is 0 Å². The Morgan fingerprint density at radius 1 is 0.367 bits per heavy atom. The van der Waals surface area contributed by atoms with E-state index < -0.39 is 43.1 Å². The van der Waals surface area contributed by atoms with E-state index >= 15 is 0 Å². The second-order valence-electron chi connectivity index (χ2n) is 13.3. The van der Waals surface area contributed by atoms with Gasteiger partial charge in [0.15, 0.2) is 0 Å². The average molecular weight is 800 g/mol. The molecule has 0 N–H and O–H groups in total. The minimum absolute atomic E-state index is 0.292. The number of ether oxygens (including phenoxy) is 2. The summed E-state index contributed by atoms with van der Waals surface area (Å²) in [5.41, 5.74) is 0. The predicted octanol–water partition coefficient (Wildman–Crippen LogP) is 11.2. The predicted molar refractivity (Wildman–Crippen MR) is 201 cm³/mol. The maximum absolute atomic E-state index is 13.1. The van der Waals surface area contributed by atoms with E-state index in [2.05, 4.69) is 13.8 Å². The molecule has 0 unspecified atom stereocenters. The van der Waals surface area contributed by atoms with Crippen molar-refractivity contribution in [2.24, 2.45) is 0 Å². The molecule has 0 amide bonds. The molecule has 0 saturated carbocycles. The summed E-state index contributed by atoms with van der Waals surface area (Å²) in [7, 11) is 0. The van der Waals surface area contributed by atoms with Gasteiger partial charge >= 0.3 is 306 Å². The fraction of sp³-hybridized carbons (Fsp3) is 0.800. The van der Waals surface area contributed by atoms with Crippen molar-refractivity contribution in [2.45, 2.75) is 191 Å². The van der Waals surface area contributed by atoms with Gasteiger partial charge in [-0.1, -0.05) is 0 Å². The number of carbonyl (C=O) groups is 4. The first kappa shape index (κ1) is 47.2. The Bertz CT molecular complexity index is 829. The molecule has 0 fully saturated rings. The van der Waals surface area contributed by atoms with Crippen LogP contribution in [0.4, 0.5) is 0 Å². The molecule has 0 aromatic heterocycles. The van der Waals surface area contributed by atoms with Crippen LogP contribution in [0, 0.1) is 0 Å². The molecule has 49 heavy (non-hydrogen) atoms. The molecule has 284 valence electrons. The first-order valence-electron chi connectivity index (χ1n) is 20.0. The third-order valence-electron chi connectivity index (χ3n) is 8.59. The van der Waals surface area contributed by atoms with E-state index in [0.717, 1.165) is 88.5 Å². The van der Waals surface area contributed by atoms with Crippen LogP contribution in [0.3, 0.4) is 0 Å². The van der Waals surface area contributed by atoms with E-state index in [1.807, 2.05) is 13.8 Å². The zero-order valence-corrected chi connectivity index (χ0v) is 34.7. The second kappa shape index (κ2) is 34.6. The van der Waals surface area contributed by atoms with E-state index in [1.165, 1.54) is 89.9 Å². The summed E-state index contributed by atoms with van der Waals surface area (Å²) in [6, 6.07) is 0. The first-order valence-corrected chi connectivity index (χ1v) is 26.3. The molecule has 0 aliphatic carbocycles. The standard InChI is InChI=1S/2C12H25.2C8H12O4.Sn/c2*1-3-5-7-9-11-12-10-8-6-4-2;2*1-2-3-6-12-8(11)5-4-7(9)10;/h2*1,3-12H2,2H3;2*4-5H,2-3,6H2,1H3,(H,9,10);/q;;;;+2/p-2. The molecular formula is C40H72O8Sn.